The molecule has 0 saturated heterocycles. The van der Waals surface area contributed by atoms with Gasteiger partial charge >= 0.3 is 0 Å². The Bertz CT molecular complexity index is 604. The summed E-state index contributed by atoms with van der Waals surface area (Å²) in [5.41, 5.74) is 4.41. The van der Waals surface area contributed by atoms with Gasteiger partial charge in [-0.25, -0.2) is 0 Å². The standard InChI is InChI=1S/C15H20N4S/c1-4-19-8-7-13(18-19)10-16-15(20)17-14-9-11(2)5-6-12(14)3/h5-9H,4,10H2,1-3H3,(H2,16,17,20). The number of anilines is 1. The number of aromatic nitrogens is 2. The second kappa shape index (κ2) is 6.52. The lowest BCUT2D eigenvalue weighted by Crippen LogP contribution is -2.28. The zero-order chi connectivity index (χ0) is 14.5. The molecule has 0 aliphatic carbocycles. The number of rotatable bonds is 4. The van der Waals surface area contributed by atoms with Crippen LogP contribution in [0, 0.1) is 13.8 Å². The molecule has 1 aromatic carbocycles. The van der Waals surface area contributed by atoms with Crippen LogP contribution >= 0.6 is 12.2 Å². The number of nitrogens with one attached hydrogen (secondary N) is 2. The molecule has 4 nitrogen and oxygen atoms in total. The Morgan fingerprint density at radius 1 is 1.30 bits per heavy atom. The molecule has 2 aromatic rings. The first kappa shape index (κ1) is 14.5. The quantitative estimate of drug-likeness (QED) is 0.849. The molecule has 0 aliphatic heterocycles. The van der Waals surface area contributed by atoms with Crippen LogP contribution in [0.4, 0.5) is 5.69 Å². The maximum absolute atomic E-state index is 5.32. The molecule has 0 fully saturated rings. The third-order valence-corrected chi connectivity index (χ3v) is 3.34. The predicted molar refractivity (Wildman–Crippen MR) is 86.9 cm³/mol. The van der Waals surface area contributed by atoms with E-state index < -0.39 is 0 Å². The van der Waals surface area contributed by atoms with E-state index in [9.17, 15) is 0 Å². The number of hydrogen-bond donors (Lipinski definition) is 2. The van der Waals surface area contributed by atoms with Crippen LogP contribution in [0.3, 0.4) is 0 Å². The highest BCUT2D eigenvalue weighted by Gasteiger charge is 2.03. The van der Waals surface area contributed by atoms with Gasteiger partial charge in [0.05, 0.1) is 12.2 Å². The molecule has 0 atom stereocenters. The lowest BCUT2D eigenvalue weighted by atomic mass is 10.1. The van der Waals surface area contributed by atoms with Crippen molar-refractivity contribution in [3.63, 3.8) is 0 Å². The summed E-state index contributed by atoms with van der Waals surface area (Å²) in [5, 5.41) is 11.4. The predicted octanol–water partition coefficient (Wildman–Crippen LogP) is 3.01. The van der Waals surface area contributed by atoms with Gasteiger partial charge in [0.2, 0.25) is 0 Å². The molecule has 106 valence electrons. The minimum atomic E-state index is 0.616. The zero-order valence-electron chi connectivity index (χ0n) is 12.1. The highest BCUT2D eigenvalue weighted by atomic mass is 32.1. The van der Waals surface area contributed by atoms with E-state index in [0.29, 0.717) is 11.7 Å². The molecule has 1 heterocycles. The topological polar surface area (TPSA) is 41.9 Å². The van der Waals surface area contributed by atoms with Crippen molar-refractivity contribution >= 4 is 23.0 Å². The Balaban J connectivity index is 1.90. The molecule has 0 spiro atoms. The molecular weight excluding hydrogens is 268 g/mol. The van der Waals surface area contributed by atoms with Gasteiger partial charge < -0.3 is 10.6 Å². The monoisotopic (exact) mass is 288 g/mol. The zero-order valence-corrected chi connectivity index (χ0v) is 12.9. The third kappa shape index (κ3) is 3.81. The molecular formula is C15H20N4S. The van der Waals surface area contributed by atoms with Crippen LogP contribution in [0.2, 0.25) is 0 Å². The van der Waals surface area contributed by atoms with E-state index in [2.05, 4.69) is 54.7 Å². The normalized spacial score (nSPS) is 10.3. The Labute approximate surface area is 125 Å². The van der Waals surface area contributed by atoms with Crippen LogP contribution in [0.25, 0.3) is 0 Å². The fraction of sp³-hybridized carbons (Fsp3) is 0.333. The molecule has 5 heteroatoms. The number of hydrogen-bond acceptors (Lipinski definition) is 2. The summed E-state index contributed by atoms with van der Waals surface area (Å²) in [7, 11) is 0. The Morgan fingerprint density at radius 2 is 2.10 bits per heavy atom. The molecule has 0 unspecified atom stereocenters. The summed E-state index contributed by atoms with van der Waals surface area (Å²) in [6.45, 7) is 7.71. The van der Waals surface area contributed by atoms with Crippen LogP contribution < -0.4 is 10.6 Å². The number of nitrogens with zero attached hydrogens (tertiary/aromatic N) is 2. The molecule has 0 bridgehead atoms. The fourth-order valence-electron chi connectivity index (χ4n) is 1.88. The number of thiocarbonyl (C=S) groups is 1. The summed E-state index contributed by atoms with van der Waals surface area (Å²) in [5.74, 6) is 0. The maximum Gasteiger partial charge on any atom is 0.171 e. The minimum Gasteiger partial charge on any atom is -0.357 e. The van der Waals surface area contributed by atoms with E-state index in [1.165, 1.54) is 11.1 Å². The van der Waals surface area contributed by atoms with E-state index in [1.807, 2.05) is 16.9 Å². The van der Waals surface area contributed by atoms with Gasteiger partial charge in [-0.1, -0.05) is 12.1 Å². The van der Waals surface area contributed by atoms with Crippen LogP contribution in [0.15, 0.2) is 30.5 Å². The van der Waals surface area contributed by atoms with Crippen molar-refractivity contribution < 1.29 is 0 Å². The summed E-state index contributed by atoms with van der Waals surface area (Å²) < 4.78 is 1.90. The molecule has 2 N–H and O–H groups in total. The van der Waals surface area contributed by atoms with Crippen LogP contribution in [0.5, 0.6) is 0 Å². The van der Waals surface area contributed by atoms with Gasteiger partial charge in [0.15, 0.2) is 5.11 Å². The van der Waals surface area contributed by atoms with Crippen molar-refractivity contribution in [2.45, 2.75) is 33.9 Å². The van der Waals surface area contributed by atoms with E-state index >= 15 is 0 Å². The molecule has 0 aliphatic rings. The average Bonchev–Trinajstić information content (AvgIpc) is 2.89. The molecule has 2 rings (SSSR count). The Kier molecular flexibility index (Phi) is 4.74. The summed E-state index contributed by atoms with van der Waals surface area (Å²) in [4.78, 5) is 0. The van der Waals surface area contributed by atoms with Gasteiger partial charge in [-0.2, -0.15) is 5.10 Å². The van der Waals surface area contributed by atoms with E-state index in [1.54, 1.807) is 0 Å². The van der Waals surface area contributed by atoms with Gasteiger partial charge in [-0.3, -0.25) is 4.68 Å². The number of aryl methyl sites for hydroxylation is 3. The van der Waals surface area contributed by atoms with Gasteiger partial charge in [0.1, 0.15) is 0 Å². The van der Waals surface area contributed by atoms with Crippen molar-refractivity contribution in [1.29, 1.82) is 0 Å². The third-order valence-electron chi connectivity index (χ3n) is 3.09. The highest BCUT2D eigenvalue weighted by Crippen LogP contribution is 2.16. The Morgan fingerprint density at radius 3 is 2.80 bits per heavy atom. The van der Waals surface area contributed by atoms with E-state index in [4.69, 9.17) is 12.2 Å². The second-order valence-electron chi connectivity index (χ2n) is 4.79. The van der Waals surface area contributed by atoms with Crippen molar-refractivity contribution in [1.82, 2.24) is 15.1 Å². The molecule has 0 amide bonds. The summed E-state index contributed by atoms with van der Waals surface area (Å²) in [6, 6.07) is 8.27. The SMILES string of the molecule is CCn1ccc(CNC(=S)Nc2cc(C)ccc2C)n1. The van der Waals surface area contributed by atoms with Gasteiger partial charge in [0.25, 0.3) is 0 Å². The van der Waals surface area contributed by atoms with Crippen molar-refractivity contribution in [3.8, 4) is 0 Å². The smallest absolute Gasteiger partial charge is 0.171 e. The maximum atomic E-state index is 5.32. The van der Waals surface area contributed by atoms with Crippen molar-refractivity contribution in [2.75, 3.05) is 5.32 Å². The molecule has 20 heavy (non-hydrogen) atoms. The van der Waals surface area contributed by atoms with E-state index in [-0.39, 0.29) is 0 Å². The van der Waals surface area contributed by atoms with Crippen LogP contribution in [0.1, 0.15) is 23.7 Å². The summed E-state index contributed by atoms with van der Waals surface area (Å²) in [6.07, 6.45) is 1.97. The molecule has 1 aromatic heterocycles. The lowest BCUT2D eigenvalue weighted by molar-refractivity contribution is 0.643. The lowest BCUT2D eigenvalue weighted by Gasteiger charge is -2.12. The molecule has 0 radical (unpaired) electrons. The second-order valence-corrected chi connectivity index (χ2v) is 5.20. The first-order chi connectivity index (χ1) is 9.58. The van der Waals surface area contributed by atoms with Crippen molar-refractivity contribution in [3.05, 3.63) is 47.3 Å². The minimum absolute atomic E-state index is 0.616. The van der Waals surface area contributed by atoms with Crippen LogP contribution in [-0.4, -0.2) is 14.9 Å². The Hall–Kier alpha value is -1.88. The fourth-order valence-corrected chi connectivity index (χ4v) is 2.06. The van der Waals surface area contributed by atoms with E-state index in [0.717, 1.165) is 17.9 Å². The molecule has 0 saturated carbocycles. The van der Waals surface area contributed by atoms with Crippen LogP contribution in [-0.2, 0) is 13.1 Å². The largest absolute Gasteiger partial charge is 0.357 e. The van der Waals surface area contributed by atoms with Gasteiger partial charge in [-0.05, 0) is 56.2 Å². The number of benzene rings is 1. The van der Waals surface area contributed by atoms with Crippen molar-refractivity contribution in [2.24, 2.45) is 0 Å². The highest BCUT2D eigenvalue weighted by molar-refractivity contribution is 7.80. The first-order valence-electron chi connectivity index (χ1n) is 6.73. The average molecular weight is 288 g/mol. The first-order valence-corrected chi connectivity index (χ1v) is 7.13. The van der Waals surface area contributed by atoms with Gasteiger partial charge in [-0.15, -0.1) is 0 Å². The summed E-state index contributed by atoms with van der Waals surface area (Å²) >= 11 is 5.32. The van der Waals surface area contributed by atoms with Gasteiger partial charge in [0, 0.05) is 18.4 Å².